The predicted molar refractivity (Wildman–Crippen MR) is 101 cm³/mol. The van der Waals surface area contributed by atoms with Gasteiger partial charge in [-0.05, 0) is 35.4 Å². The average Bonchev–Trinajstić information content (AvgIpc) is 2.66. The van der Waals surface area contributed by atoms with E-state index in [1.54, 1.807) is 48.6 Å². The number of nitrogens with zero attached hydrogens (tertiary/aromatic N) is 1. The maximum absolute atomic E-state index is 11.0. The van der Waals surface area contributed by atoms with Crippen LogP contribution in [0.15, 0.2) is 48.5 Å². The van der Waals surface area contributed by atoms with Gasteiger partial charge in [-0.1, -0.05) is 24.3 Å². The number of rotatable bonds is 9. The maximum atomic E-state index is 11.0. The minimum atomic E-state index is -1.47. The first-order valence-corrected chi connectivity index (χ1v) is 8.15. The number of hydrogen-bond acceptors (Lipinski definition) is 6. The molecule has 4 N–H and O–H groups in total. The molecular formula is C19H18N2O7. The van der Waals surface area contributed by atoms with Crippen molar-refractivity contribution < 1.29 is 29.5 Å². The number of non-ortho nitro benzene ring substituents is 1. The molecule has 9 nitrogen and oxygen atoms in total. The van der Waals surface area contributed by atoms with Gasteiger partial charge in [0.15, 0.2) is 0 Å². The van der Waals surface area contributed by atoms with Gasteiger partial charge in [-0.2, -0.15) is 0 Å². The Morgan fingerprint density at radius 3 is 1.96 bits per heavy atom. The zero-order valence-electron chi connectivity index (χ0n) is 14.6. The standard InChI is InChI=1S/C19H18N2O7/c20-18(19(24)25)16(11-17(22)23)28-15-9-5-13(6-10-15)2-1-12-3-7-14(8-4-12)21(26)27/h1-10,16,18H,11,20H2,(H,22,23)(H,24,25)/t16?,18-/m0/s1. The van der Waals surface area contributed by atoms with Crippen molar-refractivity contribution in [1.29, 1.82) is 0 Å². The summed E-state index contributed by atoms with van der Waals surface area (Å²) in [5, 5.41) is 28.5. The lowest BCUT2D eigenvalue weighted by molar-refractivity contribution is -0.384. The molecule has 0 aromatic heterocycles. The van der Waals surface area contributed by atoms with Crippen LogP contribution in [0.2, 0.25) is 0 Å². The van der Waals surface area contributed by atoms with Crippen LogP contribution >= 0.6 is 0 Å². The van der Waals surface area contributed by atoms with Gasteiger partial charge in [0.1, 0.15) is 17.9 Å². The highest BCUT2D eigenvalue weighted by molar-refractivity contribution is 5.76. The van der Waals surface area contributed by atoms with Crippen molar-refractivity contribution in [2.45, 2.75) is 18.6 Å². The minimum Gasteiger partial charge on any atom is -0.488 e. The van der Waals surface area contributed by atoms with Crippen molar-refractivity contribution in [2.75, 3.05) is 0 Å². The number of ether oxygens (including phenoxy) is 1. The number of nitro groups is 1. The topological polar surface area (TPSA) is 153 Å². The Morgan fingerprint density at radius 1 is 1.04 bits per heavy atom. The Morgan fingerprint density at radius 2 is 1.54 bits per heavy atom. The summed E-state index contributed by atoms with van der Waals surface area (Å²) in [4.78, 5) is 32.1. The van der Waals surface area contributed by atoms with Crippen LogP contribution < -0.4 is 10.5 Å². The minimum absolute atomic E-state index is 0.00846. The predicted octanol–water partition coefficient (Wildman–Crippen LogP) is 2.40. The molecule has 0 saturated carbocycles. The lowest BCUT2D eigenvalue weighted by Gasteiger charge is -2.20. The SMILES string of the molecule is N[C@H](C(=O)O)C(CC(=O)O)Oc1ccc(C=Cc2ccc([N+](=O)[O-])cc2)cc1. The molecule has 2 aromatic rings. The number of carbonyl (C=O) groups is 2. The molecular weight excluding hydrogens is 368 g/mol. The van der Waals surface area contributed by atoms with Crippen molar-refractivity contribution in [3.63, 3.8) is 0 Å². The van der Waals surface area contributed by atoms with Gasteiger partial charge >= 0.3 is 11.9 Å². The van der Waals surface area contributed by atoms with Gasteiger partial charge in [0.2, 0.25) is 0 Å². The highest BCUT2D eigenvalue weighted by Crippen LogP contribution is 2.19. The molecule has 0 radical (unpaired) electrons. The highest BCUT2D eigenvalue weighted by atomic mass is 16.6. The number of aliphatic carboxylic acids is 2. The van der Waals surface area contributed by atoms with Crippen LogP contribution in [0, 0.1) is 10.1 Å². The summed E-state index contributed by atoms with van der Waals surface area (Å²) in [6.07, 6.45) is 1.79. The lowest BCUT2D eigenvalue weighted by Crippen LogP contribution is -2.46. The van der Waals surface area contributed by atoms with E-state index in [0.29, 0.717) is 0 Å². The summed E-state index contributed by atoms with van der Waals surface area (Å²) < 4.78 is 5.43. The van der Waals surface area contributed by atoms with Crippen LogP contribution in [0.5, 0.6) is 5.75 Å². The summed E-state index contributed by atoms with van der Waals surface area (Å²) in [5.41, 5.74) is 7.07. The first-order valence-electron chi connectivity index (χ1n) is 8.15. The third-order valence-electron chi connectivity index (χ3n) is 3.80. The summed E-state index contributed by atoms with van der Waals surface area (Å²) in [7, 11) is 0. The van der Waals surface area contributed by atoms with Crippen LogP contribution in [0.3, 0.4) is 0 Å². The fourth-order valence-electron chi connectivity index (χ4n) is 2.30. The van der Waals surface area contributed by atoms with Gasteiger partial charge in [0.25, 0.3) is 5.69 Å². The van der Waals surface area contributed by atoms with Crippen LogP contribution in [0.4, 0.5) is 5.69 Å². The van der Waals surface area contributed by atoms with Gasteiger partial charge < -0.3 is 20.7 Å². The third-order valence-corrected chi connectivity index (χ3v) is 3.80. The van der Waals surface area contributed by atoms with Crippen LogP contribution in [0.25, 0.3) is 12.2 Å². The summed E-state index contributed by atoms with van der Waals surface area (Å²) >= 11 is 0. The van der Waals surface area contributed by atoms with E-state index in [2.05, 4.69) is 0 Å². The molecule has 0 bridgehead atoms. The molecule has 0 saturated heterocycles. The highest BCUT2D eigenvalue weighted by Gasteiger charge is 2.28. The van der Waals surface area contributed by atoms with Crippen molar-refractivity contribution in [3.8, 4) is 5.75 Å². The van der Waals surface area contributed by atoms with E-state index in [1.165, 1.54) is 12.1 Å². The number of carboxylic acids is 2. The largest absolute Gasteiger partial charge is 0.488 e. The molecule has 0 heterocycles. The lowest BCUT2D eigenvalue weighted by atomic mass is 10.1. The average molecular weight is 386 g/mol. The molecule has 2 rings (SSSR count). The molecule has 0 fully saturated rings. The van der Waals surface area contributed by atoms with Gasteiger partial charge in [-0.15, -0.1) is 0 Å². The van der Waals surface area contributed by atoms with E-state index in [0.717, 1.165) is 11.1 Å². The van der Waals surface area contributed by atoms with E-state index in [-0.39, 0.29) is 11.4 Å². The molecule has 9 heteroatoms. The molecule has 28 heavy (non-hydrogen) atoms. The summed E-state index contributed by atoms with van der Waals surface area (Å²) in [5.74, 6) is -2.28. The van der Waals surface area contributed by atoms with Crippen molar-refractivity contribution in [3.05, 3.63) is 69.8 Å². The van der Waals surface area contributed by atoms with E-state index in [1.807, 2.05) is 0 Å². The molecule has 2 aromatic carbocycles. The quantitative estimate of drug-likeness (QED) is 0.337. The van der Waals surface area contributed by atoms with Gasteiger partial charge in [-0.25, -0.2) is 0 Å². The third kappa shape index (κ3) is 5.92. The number of nitrogens with two attached hydrogens (primary N) is 1. The molecule has 0 aliphatic carbocycles. The zero-order valence-corrected chi connectivity index (χ0v) is 14.6. The first-order chi connectivity index (χ1) is 13.3. The Labute approximate surface area is 159 Å². The van der Waals surface area contributed by atoms with Crippen molar-refractivity contribution >= 4 is 29.8 Å². The van der Waals surface area contributed by atoms with Crippen LogP contribution in [-0.4, -0.2) is 39.2 Å². The smallest absolute Gasteiger partial charge is 0.324 e. The van der Waals surface area contributed by atoms with Gasteiger partial charge in [0, 0.05) is 12.1 Å². The number of nitro benzene ring substituents is 1. The fraction of sp³-hybridized carbons (Fsp3) is 0.158. The van der Waals surface area contributed by atoms with E-state index >= 15 is 0 Å². The molecule has 0 amide bonds. The molecule has 2 atom stereocenters. The van der Waals surface area contributed by atoms with E-state index in [4.69, 9.17) is 20.7 Å². The van der Waals surface area contributed by atoms with Crippen molar-refractivity contribution in [2.24, 2.45) is 5.73 Å². The molecule has 146 valence electrons. The van der Waals surface area contributed by atoms with E-state index in [9.17, 15) is 19.7 Å². The normalized spacial score (nSPS) is 13.0. The Hall–Kier alpha value is -3.72. The van der Waals surface area contributed by atoms with Crippen LogP contribution in [-0.2, 0) is 9.59 Å². The molecule has 1 unspecified atom stereocenters. The van der Waals surface area contributed by atoms with Gasteiger partial charge in [0.05, 0.1) is 11.3 Å². The number of benzene rings is 2. The fourth-order valence-corrected chi connectivity index (χ4v) is 2.30. The monoisotopic (exact) mass is 386 g/mol. The Kier molecular flexibility index (Phi) is 6.83. The van der Waals surface area contributed by atoms with Gasteiger partial charge in [-0.3, -0.25) is 19.7 Å². The summed E-state index contributed by atoms with van der Waals surface area (Å²) in [6, 6.07) is 11.1. The first kappa shape index (κ1) is 20.6. The molecule has 0 aliphatic heterocycles. The second-order valence-corrected chi connectivity index (χ2v) is 5.87. The Balaban J connectivity index is 2.06. The molecule has 0 aliphatic rings. The van der Waals surface area contributed by atoms with Crippen LogP contribution in [0.1, 0.15) is 17.5 Å². The summed E-state index contributed by atoms with van der Waals surface area (Å²) in [6.45, 7) is 0. The zero-order chi connectivity index (χ0) is 20.7. The maximum Gasteiger partial charge on any atom is 0.324 e. The van der Waals surface area contributed by atoms with E-state index < -0.39 is 35.4 Å². The van der Waals surface area contributed by atoms with Crippen molar-refractivity contribution in [1.82, 2.24) is 0 Å². The number of carboxylic acid groups (broad SMARTS) is 2. The Bertz CT molecular complexity index is 876. The molecule has 0 spiro atoms. The second-order valence-electron chi connectivity index (χ2n) is 5.87. The number of hydrogen-bond donors (Lipinski definition) is 3. The second kappa shape index (κ2) is 9.28.